The Morgan fingerprint density at radius 1 is 1.22 bits per heavy atom. The molecule has 94 valence electrons. The number of ether oxygens (including phenoxy) is 1. The molecule has 4 heteroatoms. The molecule has 0 aliphatic rings. The van der Waals surface area contributed by atoms with Crippen molar-refractivity contribution in [1.29, 1.82) is 0 Å². The van der Waals surface area contributed by atoms with E-state index in [1.54, 1.807) is 18.2 Å². The van der Waals surface area contributed by atoms with E-state index in [-0.39, 0.29) is 12.4 Å². The SMILES string of the molecule is Cc1ccc(N)c(OCc2ccc(Cl)cc2F)c1. The van der Waals surface area contributed by atoms with Gasteiger partial charge < -0.3 is 10.5 Å². The molecule has 2 nitrogen and oxygen atoms in total. The first-order valence-electron chi connectivity index (χ1n) is 5.49. The number of nitrogens with two attached hydrogens (primary N) is 1. The quantitative estimate of drug-likeness (QED) is 0.853. The van der Waals surface area contributed by atoms with Crippen molar-refractivity contribution < 1.29 is 9.13 Å². The largest absolute Gasteiger partial charge is 0.487 e. The molecule has 18 heavy (non-hydrogen) atoms. The maximum absolute atomic E-state index is 13.5. The van der Waals surface area contributed by atoms with Crippen LogP contribution in [0.5, 0.6) is 5.75 Å². The van der Waals surface area contributed by atoms with E-state index >= 15 is 0 Å². The Balaban J connectivity index is 2.13. The van der Waals surface area contributed by atoms with Crippen molar-refractivity contribution in [1.82, 2.24) is 0 Å². The molecular weight excluding hydrogens is 253 g/mol. The number of nitrogen functional groups attached to an aromatic ring is 1. The smallest absolute Gasteiger partial charge is 0.142 e. The summed E-state index contributed by atoms with van der Waals surface area (Å²) in [4.78, 5) is 0. The van der Waals surface area contributed by atoms with Crippen molar-refractivity contribution >= 4 is 17.3 Å². The number of benzene rings is 2. The normalized spacial score (nSPS) is 10.4. The molecule has 0 fully saturated rings. The Hall–Kier alpha value is -1.74. The molecule has 0 bridgehead atoms. The Morgan fingerprint density at radius 3 is 2.72 bits per heavy atom. The molecule has 0 spiro atoms. The molecule has 2 N–H and O–H groups in total. The molecule has 0 radical (unpaired) electrons. The predicted octanol–water partition coefficient (Wildman–Crippen LogP) is 3.95. The van der Waals surface area contributed by atoms with Crippen LogP contribution in [0.2, 0.25) is 5.02 Å². The van der Waals surface area contributed by atoms with Gasteiger partial charge in [0.15, 0.2) is 0 Å². The van der Waals surface area contributed by atoms with Crippen LogP contribution in [0.3, 0.4) is 0 Å². The van der Waals surface area contributed by atoms with Crippen molar-refractivity contribution in [3.8, 4) is 5.75 Å². The molecule has 0 saturated carbocycles. The third-order valence-electron chi connectivity index (χ3n) is 2.57. The van der Waals surface area contributed by atoms with Crippen molar-refractivity contribution in [3.05, 3.63) is 58.4 Å². The predicted molar refractivity (Wildman–Crippen MR) is 71.3 cm³/mol. The zero-order valence-corrected chi connectivity index (χ0v) is 10.7. The van der Waals surface area contributed by atoms with E-state index in [0.717, 1.165) is 5.56 Å². The number of aryl methyl sites for hydroxylation is 1. The first kappa shape index (κ1) is 12.7. The molecule has 2 aromatic carbocycles. The molecule has 2 aromatic rings. The highest BCUT2D eigenvalue weighted by Gasteiger charge is 2.06. The molecule has 2 rings (SSSR count). The lowest BCUT2D eigenvalue weighted by Crippen LogP contribution is -2.01. The van der Waals surface area contributed by atoms with Crippen molar-refractivity contribution in [3.63, 3.8) is 0 Å². The fourth-order valence-corrected chi connectivity index (χ4v) is 1.72. The monoisotopic (exact) mass is 265 g/mol. The highest BCUT2D eigenvalue weighted by molar-refractivity contribution is 6.30. The second-order valence-electron chi connectivity index (χ2n) is 4.07. The molecule has 0 aromatic heterocycles. The van der Waals surface area contributed by atoms with Crippen LogP contribution < -0.4 is 10.5 Å². The second-order valence-corrected chi connectivity index (χ2v) is 4.50. The van der Waals surface area contributed by atoms with Crippen LogP contribution in [-0.2, 0) is 6.61 Å². The fraction of sp³-hybridized carbons (Fsp3) is 0.143. The summed E-state index contributed by atoms with van der Waals surface area (Å²) in [5.74, 6) is 0.179. The number of hydrogen-bond donors (Lipinski definition) is 1. The maximum atomic E-state index is 13.5. The highest BCUT2D eigenvalue weighted by atomic mass is 35.5. The zero-order valence-electron chi connectivity index (χ0n) is 9.91. The molecule has 0 aliphatic carbocycles. The standard InChI is InChI=1S/C14H13ClFNO/c1-9-2-5-13(17)14(6-9)18-8-10-3-4-11(15)7-12(10)16/h2-7H,8,17H2,1H3. The van der Waals surface area contributed by atoms with E-state index < -0.39 is 0 Å². The molecular formula is C14H13ClFNO. The first-order valence-corrected chi connectivity index (χ1v) is 5.87. The topological polar surface area (TPSA) is 35.2 Å². The summed E-state index contributed by atoms with van der Waals surface area (Å²) in [6.07, 6.45) is 0. The van der Waals surface area contributed by atoms with Gasteiger partial charge in [-0.15, -0.1) is 0 Å². The number of halogens is 2. The third kappa shape index (κ3) is 2.93. The van der Waals surface area contributed by atoms with Crippen molar-refractivity contribution in [2.45, 2.75) is 13.5 Å². The van der Waals surface area contributed by atoms with Crippen molar-refractivity contribution in [2.24, 2.45) is 0 Å². The molecule has 0 saturated heterocycles. The highest BCUT2D eigenvalue weighted by Crippen LogP contribution is 2.24. The Labute approximate surface area is 110 Å². The van der Waals surface area contributed by atoms with Gasteiger partial charge in [0.1, 0.15) is 18.2 Å². The number of rotatable bonds is 3. The summed E-state index contributed by atoms with van der Waals surface area (Å²) in [7, 11) is 0. The molecule has 0 heterocycles. The fourth-order valence-electron chi connectivity index (χ4n) is 1.56. The third-order valence-corrected chi connectivity index (χ3v) is 2.80. The maximum Gasteiger partial charge on any atom is 0.142 e. The van der Waals surface area contributed by atoms with Crippen LogP contribution in [-0.4, -0.2) is 0 Å². The van der Waals surface area contributed by atoms with Crippen LogP contribution in [0.1, 0.15) is 11.1 Å². The second kappa shape index (κ2) is 5.27. The van der Waals surface area contributed by atoms with Crippen LogP contribution in [0, 0.1) is 12.7 Å². The minimum absolute atomic E-state index is 0.122. The number of hydrogen-bond acceptors (Lipinski definition) is 2. The summed E-state index contributed by atoms with van der Waals surface area (Å²) in [5, 5.41) is 0.367. The summed E-state index contributed by atoms with van der Waals surface area (Å²) >= 11 is 5.68. The summed E-state index contributed by atoms with van der Waals surface area (Å²) in [6, 6.07) is 9.98. The first-order chi connectivity index (χ1) is 8.56. The summed E-state index contributed by atoms with van der Waals surface area (Å²) in [6.45, 7) is 2.06. The van der Waals surface area contributed by atoms with Crippen LogP contribution in [0.25, 0.3) is 0 Å². The lowest BCUT2D eigenvalue weighted by Gasteiger charge is -2.10. The van der Waals surface area contributed by atoms with E-state index in [2.05, 4.69) is 0 Å². The summed E-state index contributed by atoms with van der Waals surface area (Å²) < 4.78 is 19.1. The Kier molecular flexibility index (Phi) is 3.72. The molecule has 0 unspecified atom stereocenters. The lowest BCUT2D eigenvalue weighted by molar-refractivity contribution is 0.301. The lowest BCUT2D eigenvalue weighted by atomic mass is 10.2. The van der Waals surface area contributed by atoms with Gasteiger partial charge in [0, 0.05) is 10.6 Å². The Morgan fingerprint density at radius 2 is 2.00 bits per heavy atom. The average Bonchev–Trinajstić information content (AvgIpc) is 2.32. The van der Waals surface area contributed by atoms with E-state index in [0.29, 0.717) is 22.0 Å². The molecule has 0 atom stereocenters. The van der Waals surface area contributed by atoms with E-state index in [4.69, 9.17) is 22.1 Å². The van der Waals surface area contributed by atoms with E-state index in [1.807, 2.05) is 19.1 Å². The van der Waals surface area contributed by atoms with E-state index in [9.17, 15) is 4.39 Å². The van der Waals surface area contributed by atoms with Gasteiger partial charge in [-0.2, -0.15) is 0 Å². The average molecular weight is 266 g/mol. The van der Waals surface area contributed by atoms with Gasteiger partial charge in [0.25, 0.3) is 0 Å². The van der Waals surface area contributed by atoms with Crippen LogP contribution >= 0.6 is 11.6 Å². The minimum atomic E-state index is -0.381. The van der Waals surface area contributed by atoms with Crippen LogP contribution in [0.4, 0.5) is 10.1 Å². The summed E-state index contributed by atoms with van der Waals surface area (Å²) in [5.41, 5.74) is 7.80. The Bertz CT molecular complexity index is 572. The van der Waals surface area contributed by atoms with Gasteiger partial charge >= 0.3 is 0 Å². The molecule has 0 amide bonds. The zero-order chi connectivity index (χ0) is 13.1. The van der Waals surface area contributed by atoms with Gasteiger partial charge in [0.2, 0.25) is 0 Å². The van der Waals surface area contributed by atoms with E-state index in [1.165, 1.54) is 6.07 Å². The van der Waals surface area contributed by atoms with Crippen LogP contribution in [0.15, 0.2) is 36.4 Å². The van der Waals surface area contributed by atoms with Gasteiger partial charge in [-0.05, 0) is 36.8 Å². The van der Waals surface area contributed by atoms with Gasteiger partial charge in [-0.25, -0.2) is 4.39 Å². The number of anilines is 1. The van der Waals surface area contributed by atoms with Gasteiger partial charge in [0.05, 0.1) is 5.69 Å². The minimum Gasteiger partial charge on any atom is -0.487 e. The van der Waals surface area contributed by atoms with Crippen molar-refractivity contribution in [2.75, 3.05) is 5.73 Å². The van der Waals surface area contributed by atoms with Gasteiger partial charge in [-0.1, -0.05) is 23.7 Å². The van der Waals surface area contributed by atoms with Gasteiger partial charge in [-0.3, -0.25) is 0 Å². The molecule has 0 aliphatic heterocycles.